The standard InChI is InChI=1S/C30H34N2O7S/c1-17(21-15-24(37-4)28(39-6)25(16-21)38-5)31-27(20-10-11-22(35-2)23(14-20)36-3)19-9-7-8-18(12-19)13-26-29(33)32-30(34)40-26/h7-12,14-17,26-27,31H,13H2,1-6H3,(H,32,33,34). The summed E-state index contributed by atoms with van der Waals surface area (Å²) < 4.78 is 27.7. The maximum absolute atomic E-state index is 12.2. The molecule has 212 valence electrons. The number of amides is 2. The van der Waals surface area contributed by atoms with Crippen LogP contribution >= 0.6 is 11.8 Å². The highest BCUT2D eigenvalue weighted by Crippen LogP contribution is 2.41. The van der Waals surface area contributed by atoms with Crippen molar-refractivity contribution in [1.29, 1.82) is 0 Å². The van der Waals surface area contributed by atoms with Crippen LogP contribution in [0.3, 0.4) is 0 Å². The molecule has 3 unspecified atom stereocenters. The highest BCUT2D eigenvalue weighted by molar-refractivity contribution is 8.15. The summed E-state index contributed by atoms with van der Waals surface area (Å²) >= 11 is 1.03. The monoisotopic (exact) mass is 566 g/mol. The van der Waals surface area contributed by atoms with E-state index in [0.717, 1.165) is 34.0 Å². The fourth-order valence-electron chi connectivity index (χ4n) is 4.76. The van der Waals surface area contributed by atoms with E-state index in [1.807, 2.05) is 48.5 Å². The van der Waals surface area contributed by atoms with Crippen molar-refractivity contribution >= 4 is 22.9 Å². The van der Waals surface area contributed by atoms with Gasteiger partial charge in [0.05, 0.1) is 46.8 Å². The van der Waals surface area contributed by atoms with E-state index in [-0.39, 0.29) is 23.2 Å². The zero-order valence-electron chi connectivity index (χ0n) is 23.4. The molecule has 9 nitrogen and oxygen atoms in total. The fraction of sp³-hybridized carbons (Fsp3) is 0.333. The van der Waals surface area contributed by atoms with Crippen molar-refractivity contribution in [1.82, 2.24) is 10.6 Å². The molecule has 0 aliphatic carbocycles. The van der Waals surface area contributed by atoms with E-state index in [2.05, 4.69) is 23.6 Å². The molecule has 0 spiro atoms. The van der Waals surface area contributed by atoms with Crippen molar-refractivity contribution < 1.29 is 33.3 Å². The summed E-state index contributed by atoms with van der Waals surface area (Å²) in [6.45, 7) is 2.06. The quantitative estimate of drug-likeness (QED) is 0.311. The second-order valence-electron chi connectivity index (χ2n) is 9.23. The minimum absolute atomic E-state index is 0.149. The maximum Gasteiger partial charge on any atom is 0.286 e. The third kappa shape index (κ3) is 6.29. The highest BCUT2D eigenvalue weighted by atomic mass is 32.2. The van der Waals surface area contributed by atoms with Crippen molar-refractivity contribution in [2.24, 2.45) is 0 Å². The van der Waals surface area contributed by atoms with E-state index in [9.17, 15) is 9.59 Å². The van der Waals surface area contributed by atoms with Crippen molar-refractivity contribution in [3.8, 4) is 28.7 Å². The Bertz CT molecular complexity index is 1350. The first-order valence-electron chi connectivity index (χ1n) is 12.7. The van der Waals surface area contributed by atoms with Gasteiger partial charge in [-0.3, -0.25) is 20.2 Å². The molecule has 40 heavy (non-hydrogen) atoms. The van der Waals surface area contributed by atoms with Crippen LogP contribution in [0, 0.1) is 0 Å². The number of thioether (sulfide) groups is 1. The van der Waals surface area contributed by atoms with Gasteiger partial charge in [0.1, 0.15) is 0 Å². The minimum atomic E-state index is -0.451. The average Bonchev–Trinajstić information content (AvgIpc) is 3.30. The number of hydrogen-bond acceptors (Lipinski definition) is 9. The molecule has 2 N–H and O–H groups in total. The lowest BCUT2D eigenvalue weighted by molar-refractivity contribution is -0.118. The molecule has 3 atom stereocenters. The summed E-state index contributed by atoms with van der Waals surface area (Å²) in [5.74, 6) is 2.64. The molecule has 1 aliphatic heterocycles. The number of hydrogen-bond donors (Lipinski definition) is 2. The highest BCUT2D eigenvalue weighted by Gasteiger charge is 2.31. The molecule has 0 saturated carbocycles. The van der Waals surface area contributed by atoms with Gasteiger partial charge in [-0.05, 0) is 59.9 Å². The van der Waals surface area contributed by atoms with Gasteiger partial charge < -0.3 is 23.7 Å². The summed E-state index contributed by atoms with van der Waals surface area (Å²) in [5, 5.41) is 5.35. The van der Waals surface area contributed by atoms with Gasteiger partial charge in [0.15, 0.2) is 23.0 Å². The van der Waals surface area contributed by atoms with E-state index in [1.54, 1.807) is 35.5 Å². The van der Waals surface area contributed by atoms with Crippen molar-refractivity contribution in [2.45, 2.75) is 30.7 Å². The topological polar surface area (TPSA) is 104 Å². The Labute approximate surface area is 238 Å². The van der Waals surface area contributed by atoms with E-state index in [0.29, 0.717) is 35.2 Å². The van der Waals surface area contributed by atoms with Crippen LogP contribution < -0.4 is 34.3 Å². The van der Waals surface area contributed by atoms with Crippen LogP contribution in [0.4, 0.5) is 4.79 Å². The maximum atomic E-state index is 12.2. The van der Waals surface area contributed by atoms with Crippen LogP contribution in [0.5, 0.6) is 28.7 Å². The number of benzene rings is 3. The Morgan fingerprint density at radius 2 is 1.40 bits per heavy atom. The molecule has 0 aromatic heterocycles. The van der Waals surface area contributed by atoms with Gasteiger partial charge in [0.2, 0.25) is 11.7 Å². The summed E-state index contributed by atoms with van der Waals surface area (Å²) in [6.07, 6.45) is 0.442. The third-order valence-corrected chi connectivity index (χ3v) is 7.80. The summed E-state index contributed by atoms with van der Waals surface area (Å²) in [6, 6.07) is 17.3. The molecule has 1 saturated heterocycles. The summed E-state index contributed by atoms with van der Waals surface area (Å²) in [5.41, 5.74) is 3.83. The van der Waals surface area contributed by atoms with Crippen molar-refractivity contribution in [2.75, 3.05) is 35.5 Å². The first-order valence-corrected chi connectivity index (χ1v) is 13.6. The van der Waals surface area contributed by atoms with Gasteiger partial charge in [0, 0.05) is 6.04 Å². The van der Waals surface area contributed by atoms with Gasteiger partial charge in [-0.2, -0.15) is 0 Å². The molecular weight excluding hydrogens is 532 g/mol. The molecule has 4 rings (SSSR count). The molecule has 0 bridgehead atoms. The smallest absolute Gasteiger partial charge is 0.286 e. The SMILES string of the molecule is COc1ccc(C(NC(C)c2cc(OC)c(OC)c(OC)c2)c2cccc(CC3SC(=O)NC3=O)c2)cc1OC. The van der Waals surface area contributed by atoms with E-state index >= 15 is 0 Å². The number of imide groups is 1. The third-order valence-electron chi connectivity index (χ3n) is 6.82. The molecular formula is C30H34N2O7S. The number of nitrogens with one attached hydrogen (secondary N) is 2. The van der Waals surface area contributed by atoms with Gasteiger partial charge in [-0.1, -0.05) is 42.1 Å². The lowest BCUT2D eigenvalue weighted by Crippen LogP contribution is -2.27. The molecule has 2 amide bonds. The average molecular weight is 567 g/mol. The van der Waals surface area contributed by atoms with Crippen LogP contribution in [0.25, 0.3) is 0 Å². The molecule has 3 aromatic carbocycles. The van der Waals surface area contributed by atoms with E-state index < -0.39 is 5.25 Å². The number of carbonyl (C=O) groups excluding carboxylic acids is 2. The normalized spacial score (nSPS) is 16.2. The predicted octanol–water partition coefficient (Wildman–Crippen LogP) is 5.06. The Morgan fingerprint density at radius 3 is 1.98 bits per heavy atom. The zero-order chi connectivity index (χ0) is 28.8. The van der Waals surface area contributed by atoms with Crippen LogP contribution in [0.2, 0.25) is 0 Å². The number of ether oxygens (including phenoxy) is 5. The largest absolute Gasteiger partial charge is 0.493 e. The number of methoxy groups -OCH3 is 5. The van der Waals surface area contributed by atoms with Crippen LogP contribution in [0.1, 0.15) is 41.3 Å². The second-order valence-corrected chi connectivity index (χ2v) is 10.4. The zero-order valence-corrected chi connectivity index (χ0v) is 24.2. The van der Waals surface area contributed by atoms with Crippen LogP contribution in [0.15, 0.2) is 54.6 Å². The van der Waals surface area contributed by atoms with Crippen molar-refractivity contribution in [3.63, 3.8) is 0 Å². The Hall–Kier alpha value is -3.89. The molecule has 10 heteroatoms. The molecule has 1 aliphatic rings. The van der Waals surface area contributed by atoms with E-state index in [1.165, 1.54) is 0 Å². The minimum Gasteiger partial charge on any atom is -0.493 e. The molecule has 1 heterocycles. The number of carbonyl (C=O) groups is 2. The lowest BCUT2D eigenvalue weighted by atomic mass is 9.94. The fourth-order valence-corrected chi connectivity index (χ4v) is 5.62. The lowest BCUT2D eigenvalue weighted by Gasteiger charge is -2.27. The van der Waals surface area contributed by atoms with Crippen molar-refractivity contribution in [3.05, 3.63) is 76.9 Å². The molecule has 1 fully saturated rings. The number of rotatable bonds is 12. The van der Waals surface area contributed by atoms with Gasteiger partial charge >= 0.3 is 0 Å². The first kappa shape index (κ1) is 29.1. The predicted molar refractivity (Wildman–Crippen MR) is 154 cm³/mol. The van der Waals surface area contributed by atoms with Crippen LogP contribution in [-0.4, -0.2) is 51.9 Å². The first-order chi connectivity index (χ1) is 19.3. The summed E-state index contributed by atoms with van der Waals surface area (Å²) in [4.78, 5) is 23.9. The second kappa shape index (κ2) is 13.0. The molecule has 3 aromatic rings. The van der Waals surface area contributed by atoms with Gasteiger partial charge in [-0.25, -0.2) is 0 Å². The van der Waals surface area contributed by atoms with Gasteiger partial charge in [0.25, 0.3) is 5.24 Å². The Balaban J connectivity index is 1.73. The Kier molecular flexibility index (Phi) is 9.44. The molecule has 0 radical (unpaired) electrons. The Morgan fingerprint density at radius 1 is 0.775 bits per heavy atom. The van der Waals surface area contributed by atoms with Crippen LogP contribution in [-0.2, 0) is 11.2 Å². The van der Waals surface area contributed by atoms with Gasteiger partial charge in [-0.15, -0.1) is 0 Å². The summed E-state index contributed by atoms with van der Waals surface area (Å²) in [7, 11) is 7.96. The van der Waals surface area contributed by atoms with E-state index in [4.69, 9.17) is 23.7 Å².